The van der Waals surface area contributed by atoms with Crippen LogP contribution in [0.25, 0.3) is 0 Å². The molecule has 1 aromatic carbocycles. The molecule has 5 nitrogen and oxygen atoms in total. The molecule has 2 atom stereocenters. The number of amides is 2. The van der Waals surface area contributed by atoms with Crippen molar-refractivity contribution in [1.82, 2.24) is 9.80 Å². The number of hydrogen-bond donors (Lipinski definition) is 0. The van der Waals surface area contributed by atoms with Gasteiger partial charge in [-0.1, -0.05) is 30.3 Å². The van der Waals surface area contributed by atoms with Crippen molar-refractivity contribution in [2.75, 3.05) is 33.3 Å². The Balaban J connectivity index is 1.52. The molecular formula is C18H24N2O3. The molecule has 0 saturated carbocycles. The number of aryl methyl sites for hydroxylation is 1. The van der Waals surface area contributed by atoms with Crippen molar-refractivity contribution >= 4 is 11.8 Å². The zero-order valence-corrected chi connectivity index (χ0v) is 13.6. The molecule has 2 heterocycles. The van der Waals surface area contributed by atoms with E-state index in [1.807, 2.05) is 23.1 Å². The van der Waals surface area contributed by atoms with E-state index < -0.39 is 0 Å². The van der Waals surface area contributed by atoms with Gasteiger partial charge in [-0.15, -0.1) is 0 Å². The Morgan fingerprint density at radius 2 is 2.04 bits per heavy atom. The molecule has 2 amide bonds. The highest BCUT2D eigenvalue weighted by atomic mass is 16.5. The van der Waals surface area contributed by atoms with E-state index in [-0.39, 0.29) is 23.8 Å². The second-order valence-corrected chi connectivity index (χ2v) is 6.48. The Morgan fingerprint density at radius 3 is 2.74 bits per heavy atom. The largest absolute Gasteiger partial charge is 0.375 e. The van der Waals surface area contributed by atoms with Crippen LogP contribution in [-0.4, -0.2) is 61.0 Å². The Morgan fingerprint density at radius 1 is 1.26 bits per heavy atom. The smallest absolute Gasteiger partial charge is 0.228 e. The molecule has 0 spiro atoms. The molecule has 0 bridgehead atoms. The Kier molecular flexibility index (Phi) is 4.96. The van der Waals surface area contributed by atoms with E-state index in [0.29, 0.717) is 32.7 Å². The SMILES string of the molecule is CN1C[C@@H](C(=O)N2CCO[C@H](CCc3ccccc3)C2)CC1=O. The molecule has 0 aliphatic carbocycles. The summed E-state index contributed by atoms with van der Waals surface area (Å²) in [4.78, 5) is 27.8. The third kappa shape index (κ3) is 3.91. The Labute approximate surface area is 137 Å². The van der Waals surface area contributed by atoms with E-state index in [1.54, 1.807) is 11.9 Å². The number of hydrogen-bond acceptors (Lipinski definition) is 3. The zero-order chi connectivity index (χ0) is 16.2. The van der Waals surface area contributed by atoms with E-state index in [4.69, 9.17) is 4.74 Å². The molecular weight excluding hydrogens is 292 g/mol. The lowest BCUT2D eigenvalue weighted by atomic mass is 10.0. The fourth-order valence-corrected chi connectivity index (χ4v) is 3.35. The summed E-state index contributed by atoms with van der Waals surface area (Å²) in [6.45, 7) is 2.40. The number of benzene rings is 1. The monoisotopic (exact) mass is 316 g/mol. The maximum Gasteiger partial charge on any atom is 0.228 e. The lowest BCUT2D eigenvalue weighted by molar-refractivity contribution is -0.143. The highest BCUT2D eigenvalue weighted by molar-refractivity contribution is 5.89. The molecule has 23 heavy (non-hydrogen) atoms. The third-order valence-corrected chi connectivity index (χ3v) is 4.74. The van der Waals surface area contributed by atoms with Crippen molar-refractivity contribution in [1.29, 1.82) is 0 Å². The number of carbonyl (C=O) groups is 2. The maximum atomic E-state index is 12.6. The molecule has 2 aliphatic rings. The first-order valence-electron chi connectivity index (χ1n) is 8.32. The van der Waals surface area contributed by atoms with Crippen LogP contribution in [0.5, 0.6) is 0 Å². The van der Waals surface area contributed by atoms with Gasteiger partial charge in [-0.2, -0.15) is 0 Å². The minimum atomic E-state index is -0.180. The minimum Gasteiger partial charge on any atom is -0.375 e. The van der Waals surface area contributed by atoms with Crippen LogP contribution in [0.3, 0.4) is 0 Å². The molecule has 2 fully saturated rings. The summed E-state index contributed by atoms with van der Waals surface area (Å²) in [6, 6.07) is 10.3. The topological polar surface area (TPSA) is 49.9 Å². The molecule has 2 saturated heterocycles. The summed E-state index contributed by atoms with van der Waals surface area (Å²) < 4.78 is 5.81. The molecule has 3 rings (SSSR count). The van der Waals surface area contributed by atoms with Crippen molar-refractivity contribution in [3.8, 4) is 0 Å². The quantitative estimate of drug-likeness (QED) is 0.842. The van der Waals surface area contributed by atoms with Gasteiger partial charge in [0.15, 0.2) is 0 Å². The van der Waals surface area contributed by atoms with Crippen LogP contribution in [0, 0.1) is 5.92 Å². The molecule has 2 aliphatic heterocycles. The molecule has 0 radical (unpaired) electrons. The number of rotatable bonds is 4. The molecule has 124 valence electrons. The predicted molar refractivity (Wildman–Crippen MR) is 86.8 cm³/mol. The highest BCUT2D eigenvalue weighted by Crippen LogP contribution is 2.21. The lowest BCUT2D eigenvalue weighted by Crippen LogP contribution is -2.48. The van der Waals surface area contributed by atoms with E-state index in [1.165, 1.54) is 5.56 Å². The van der Waals surface area contributed by atoms with Gasteiger partial charge in [-0.25, -0.2) is 0 Å². The second-order valence-electron chi connectivity index (χ2n) is 6.48. The van der Waals surface area contributed by atoms with Crippen LogP contribution in [0.15, 0.2) is 30.3 Å². The molecule has 5 heteroatoms. The maximum absolute atomic E-state index is 12.6. The molecule has 0 unspecified atom stereocenters. The van der Waals surface area contributed by atoms with Crippen molar-refractivity contribution in [3.05, 3.63) is 35.9 Å². The summed E-state index contributed by atoms with van der Waals surface area (Å²) in [5.41, 5.74) is 1.29. The summed E-state index contributed by atoms with van der Waals surface area (Å²) in [5.74, 6) is -0.00618. The van der Waals surface area contributed by atoms with E-state index in [2.05, 4.69) is 12.1 Å². The third-order valence-electron chi connectivity index (χ3n) is 4.74. The Bertz CT molecular complexity index is 561. The minimum absolute atomic E-state index is 0.0669. The van der Waals surface area contributed by atoms with Gasteiger partial charge in [0.25, 0.3) is 0 Å². The number of carbonyl (C=O) groups excluding carboxylic acids is 2. The standard InChI is InChI=1S/C18H24N2O3/c1-19-12-15(11-17(19)21)18(22)20-9-10-23-16(13-20)8-7-14-5-3-2-4-6-14/h2-6,15-16H,7-13H2,1H3/t15-,16+/m0/s1. The van der Waals surface area contributed by atoms with E-state index in [9.17, 15) is 9.59 Å². The van der Waals surface area contributed by atoms with Gasteiger partial charge in [-0.3, -0.25) is 9.59 Å². The fourth-order valence-electron chi connectivity index (χ4n) is 3.35. The number of ether oxygens (including phenoxy) is 1. The van der Waals surface area contributed by atoms with E-state index in [0.717, 1.165) is 12.8 Å². The zero-order valence-electron chi connectivity index (χ0n) is 13.6. The van der Waals surface area contributed by atoms with Crippen molar-refractivity contribution in [2.24, 2.45) is 5.92 Å². The molecule has 0 N–H and O–H groups in total. The first-order valence-corrected chi connectivity index (χ1v) is 8.32. The van der Waals surface area contributed by atoms with Crippen LogP contribution in [0.2, 0.25) is 0 Å². The summed E-state index contributed by atoms with van der Waals surface area (Å²) in [6.07, 6.45) is 2.30. The Hall–Kier alpha value is -1.88. The average molecular weight is 316 g/mol. The molecule has 1 aromatic rings. The first kappa shape index (κ1) is 16.0. The van der Waals surface area contributed by atoms with Gasteiger partial charge in [0.05, 0.1) is 18.6 Å². The van der Waals surface area contributed by atoms with Crippen LogP contribution >= 0.6 is 0 Å². The summed E-state index contributed by atoms with van der Waals surface area (Å²) >= 11 is 0. The average Bonchev–Trinajstić information content (AvgIpc) is 2.92. The fraction of sp³-hybridized carbons (Fsp3) is 0.556. The lowest BCUT2D eigenvalue weighted by Gasteiger charge is -2.34. The van der Waals surface area contributed by atoms with Gasteiger partial charge >= 0.3 is 0 Å². The van der Waals surface area contributed by atoms with Gasteiger partial charge in [-0.05, 0) is 18.4 Å². The van der Waals surface area contributed by atoms with Crippen molar-refractivity contribution in [3.63, 3.8) is 0 Å². The number of morpholine rings is 1. The second kappa shape index (κ2) is 7.13. The summed E-state index contributed by atoms with van der Waals surface area (Å²) in [5, 5.41) is 0. The van der Waals surface area contributed by atoms with Crippen LogP contribution in [0.1, 0.15) is 18.4 Å². The van der Waals surface area contributed by atoms with Crippen LogP contribution in [0.4, 0.5) is 0 Å². The number of nitrogens with zero attached hydrogens (tertiary/aromatic N) is 2. The highest BCUT2D eigenvalue weighted by Gasteiger charge is 2.36. The van der Waals surface area contributed by atoms with E-state index >= 15 is 0 Å². The predicted octanol–water partition coefficient (Wildman–Crippen LogP) is 1.32. The van der Waals surface area contributed by atoms with Crippen molar-refractivity contribution < 1.29 is 14.3 Å². The molecule has 0 aromatic heterocycles. The number of likely N-dealkylation sites (tertiary alicyclic amines) is 1. The van der Waals surface area contributed by atoms with Gasteiger partial charge in [0.1, 0.15) is 0 Å². The van der Waals surface area contributed by atoms with Crippen LogP contribution < -0.4 is 0 Å². The van der Waals surface area contributed by atoms with Gasteiger partial charge in [0, 0.05) is 33.1 Å². The summed E-state index contributed by atoms with van der Waals surface area (Å²) in [7, 11) is 1.76. The normalized spacial score (nSPS) is 25.0. The van der Waals surface area contributed by atoms with Crippen molar-refractivity contribution in [2.45, 2.75) is 25.4 Å². The van der Waals surface area contributed by atoms with Gasteiger partial charge < -0.3 is 14.5 Å². The van der Waals surface area contributed by atoms with Gasteiger partial charge in [0.2, 0.25) is 11.8 Å². The van der Waals surface area contributed by atoms with Crippen LogP contribution in [-0.2, 0) is 20.7 Å². The first-order chi connectivity index (χ1) is 11.1.